The molecule has 0 aliphatic rings. The Labute approximate surface area is 101 Å². The predicted octanol–water partition coefficient (Wildman–Crippen LogP) is 2.22. The van der Waals surface area contributed by atoms with Crippen LogP contribution in [0.15, 0.2) is 30.3 Å². The molecule has 0 saturated carbocycles. The minimum absolute atomic E-state index is 0.641. The molecule has 1 aromatic carbocycles. The van der Waals surface area contributed by atoms with E-state index in [0.29, 0.717) is 5.92 Å². The topological polar surface area (TPSA) is 53.6 Å². The van der Waals surface area contributed by atoms with Crippen LogP contribution < -0.4 is 5.32 Å². The fraction of sp³-hybridized carbons (Fsp3) is 0.385. The number of rotatable bonds is 5. The van der Waals surface area contributed by atoms with E-state index in [1.807, 2.05) is 30.3 Å². The molecule has 2 rings (SSSR count). The van der Waals surface area contributed by atoms with Crippen molar-refractivity contribution in [3.05, 3.63) is 36.0 Å². The summed E-state index contributed by atoms with van der Waals surface area (Å²) in [7, 11) is 0. The van der Waals surface area contributed by atoms with Crippen molar-refractivity contribution in [2.24, 2.45) is 5.92 Å². The summed E-state index contributed by atoms with van der Waals surface area (Å²) < 4.78 is 0. The van der Waals surface area contributed by atoms with Crippen molar-refractivity contribution in [3.8, 4) is 11.3 Å². The van der Waals surface area contributed by atoms with Gasteiger partial charge in [-0.1, -0.05) is 44.2 Å². The molecule has 1 heterocycles. The fourth-order valence-electron chi connectivity index (χ4n) is 1.68. The van der Waals surface area contributed by atoms with Crippen LogP contribution >= 0.6 is 0 Å². The number of aromatic amines is 1. The number of benzene rings is 1. The van der Waals surface area contributed by atoms with Crippen LogP contribution in [0.1, 0.15) is 19.5 Å². The monoisotopic (exact) mass is 230 g/mol. The van der Waals surface area contributed by atoms with Gasteiger partial charge in [0.05, 0.1) is 0 Å². The molecule has 90 valence electrons. The second-order valence-electron chi connectivity index (χ2n) is 4.51. The number of hydrogen-bond donors (Lipinski definition) is 2. The van der Waals surface area contributed by atoms with Crippen molar-refractivity contribution in [1.29, 1.82) is 0 Å². The highest BCUT2D eigenvalue weighted by atomic mass is 15.3. The van der Waals surface area contributed by atoms with Gasteiger partial charge in [-0.25, -0.2) is 0 Å². The zero-order chi connectivity index (χ0) is 12.1. The van der Waals surface area contributed by atoms with Crippen molar-refractivity contribution >= 4 is 0 Å². The van der Waals surface area contributed by atoms with Crippen LogP contribution in [0.4, 0.5) is 0 Å². The molecule has 0 saturated heterocycles. The van der Waals surface area contributed by atoms with Crippen molar-refractivity contribution in [2.45, 2.75) is 20.4 Å². The molecule has 0 aliphatic carbocycles. The van der Waals surface area contributed by atoms with Crippen LogP contribution in [0.5, 0.6) is 0 Å². The van der Waals surface area contributed by atoms with E-state index in [1.165, 1.54) is 0 Å². The third kappa shape index (κ3) is 3.14. The first kappa shape index (κ1) is 11.8. The highest BCUT2D eigenvalue weighted by Crippen LogP contribution is 2.18. The fourth-order valence-corrected chi connectivity index (χ4v) is 1.68. The highest BCUT2D eigenvalue weighted by Gasteiger charge is 2.09. The van der Waals surface area contributed by atoms with Crippen molar-refractivity contribution in [2.75, 3.05) is 6.54 Å². The summed E-state index contributed by atoms with van der Waals surface area (Å²) in [6, 6.07) is 10.1. The first-order valence-electron chi connectivity index (χ1n) is 5.93. The minimum Gasteiger partial charge on any atom is -0.311 e. The molecule has 4 nitrogen and oxygen atoms in total. The van der Waals surface area contributed by atoms with Gasteiger partial charge in [-0.05, 0) is 12.5 Å². The summed E-state index contributed by atoms with van der Waals surface area (Å²) in [4.78, 5) is 0. The Morgan fingerprint density at radius 2 is 1.94 bits per heavy atom. The molecule has 0 radical (unpaired) electrons. The second kappa shape index (κ2) is 5.59. The molecule has 0 fully saturated rings. The summed E-state index contributed by atoms with van der Waals surface area (Å²) in [6.07, 6.45) is 0. The van der Waals surface area contributed by atoms with Gasteiger partial charge in [-0.3, -0.25) is 0 Å². The maximum atomic E-state index is 4.21. The molecule has 0 bridgehead atoms. The Morgan fingerprint density at radius 3 is 2.65 bits per heavy atom. The lowest BCUT2D eigenvalue weighted by Gasteiger charge is -2.06. The van der Waals surface area contributed by atoms with Crippen LogP contribution in [0, 0.1) is 5.92 Å². The van der Waals surface area contributed by atoms with E-state index < -0.39 is 0 Å². The molecule has 4 heteroatoms. The van der Waals surface area contributed by atoms with E-state index in [-0.39, 0.29) is 0 Å². The Morgan fingerprint density at radius 1 is 1.18 bits per heavy atom. The normalized spacial score (nSPS) is 11.0. The summed E-state index contributed by atoms with van der Waals surface area (Å²) in [5.74, 6) is 0.641. The minimum atomic E-state index is 0.641. The van der Waals surface area contributed by atoms with Gasteiger partial charge < -0.3 is 5.32 Å². The van der Waals surface area contributed by atoms with Gasteiger partial charge in [0, 0.05) is 12.1 Å². The lowest BCUT2D eigenvalue weighted by molar-refractivity contribution is 0.548. The van der Waals surface area contributed by atoms with Gasteiger partial charge in [0.2, 0.25) is 0 Å². The van der Waals surface area contributed by atoms with Gasteiger partial charge in [-0.2, -0.15) is 15.4 Å². The molecule has 17 heavy (non-hydrogen) atoms. The lowest BCUT2D eigenvalue weighted by atomic mass is 10.1. The van der Waals surface area contributed by atoms with Crippen LogP contribution in [-0.4, -0.2) is 22.0 Å². The van der Waals surface area contributed by atoms with Crippen LogP contribution in [0.2, 0.25) is 0 Å². The third-order valence-electron chi connectivity index (χ3n) is 2.51. The summed E-state index contributed by atoms with van der Waals surface area (Å²) in [6.45, 7) is 6.11. The maximum Gasteiger partial charge on any atom is 0.117 e. The van der Waals surface area contributed by atoms with E-state index >= 15 is 0 Å². The Kier molecular flexibility index (Phi) is 3.88. The van der Waals surface area contributed by atoms with Crippen molar-refractivity contribution < 1.29 is 0 Å². The zero-order valence-electron chi connectivity index (χ0n) is 10.3. The summed E-state index contributed by atoms with van der Waals surface area (Å²) >= 11 is 0. The molecule has 2 aromatic rings. The molecule has 0 spiro atoms. The van der Waals surface area contributed by atoms with Gasteiger partial charge in [-0.15, -0.1) is 0 Å². The second-order valence-corrected chi connectivity index (χ2v) is 4.51. The number of nitrogens with zero attached hydrogens (tertiary/aromatic N) is 2. The first-order chi connectivity index (χ1) is 8.27. The van der Waals surface area contributed by atoms with Gasteiger partial charge in [0.1, 0.15) is 11.4 Å². The Hall–Kier alpha value is -1.68. The molecule has 2 N–H and O–H groups in total. The third-order valence-corrected chi connectivity index (χ3v) is 2.51. The quantitative estimate of drug-likeness (QED) is 0.828. The number of aromatic nitrogens is 3. The molecular formula is C13H18N4. The SMILES string of the molecule is CC(C)CNCc1n[nH]nc1-c1ccccc1. The molecule has 1 aromatic heterocycles. The first-order valence-corrected chi connectivity index (χ1v) is 5.93. The molecule has 0 aliphatic heterocycles. The zero-order valence-corrected chi connectivity index (χ0v) is 10.3. The largest absolute Gasteiger partial charge is 0.311 e. The van der Waals surface area contributed by atoms with Crippen LogP contribution in [0.25, 0.3) is 11.3 Å². The number of nitrogens with one attached hydrogen (secondary N) is 2. The van der Waals surface area contributed by atoms with Crippen molar-refractivity contribution in [1.82, 2.24) is 20.7 Å². The number of hydrogen-bond acceptors (Lipinski definition) is 3. The average molecular weight is 230 g/mol. The molecule has 0 amide bonds. The smallest absolute Gasteiger partial charge is 0.117 e. The Balaban J connectivity index is 2.07. The van der Waals surface area contributed by atoms with E-state index in [9.17, 15) is 0 Å². The molecule has 0 unspecified atom stereocenters. The van der Waals surface area contributed by atoms with E-state index in [4.69, 9.17) is 0 Å². The van der Waals surface area contributed by atoms with E-state index in [1.54, 1.807) is 0 Å². The standard InChI is InChI=1S/C13H18N4/c1-10(2)8-14-9-12-13(16-17-15-12)11-6-4-3-5-7-11/h3-7,10,14H,8-9H2,1-2H3,(H,15,16,17). The number of H-pyrrole nitrogens is 1. The van der Waals surface area contributed by atoms with Crippen LogP contribution in [-0.2, 0) is 6.54 Å². The Bertz CT molecular complexity index is 447. The van der Waals surface area contributed by atoms with Gasteiger partial charge in [0.15, 0.2) is 0 Å². The van der Waals surface area contributed by atoms with Gasteiger partial charge in [0.25, 0.3) is 0 Å². The molecular weight excluding hydrogens is 212 g/mol. The maximum absolute atomic E-state index is 4.21. The predicted molar refractivity (Wildman–Crippen MR) is 68.4 cm³/mol. The summed E-state index contributed by atoms with van der Waals surface area (Å²) in [5, 5.41) is 14.5. The van der Waals surface area contributed by atoms with Gasteiger partial charge >= 0.3 is 0 Å². The molecule has 0 atom stereocenters. The summed E-state index contributed by atoms with van der Waals surface area (Å²) in [5.41, 5.74) is 3.00. The highest BCUT2D eigenvalue weighted by molar-refractivity contribution is 5.60. The van der Waals surface area contributed by atoms with E-state index in [2.05, 4.69) is 34.6 Å². The van der Waals surface area contributed by atoms with E-state index in [0.717, 1.165) is 30.0 Å². The average Bonchev–Trinajstić information content (AvgIpc) is 2.78. The van der Waals surface area contributed by atoms with Crippen LogP contribution in [0.3, 0.4) is 0 Å². The van der Waals surface area contributed by atoms with Crippen molar-refractivity contribution in [3.63, 3.8) is 0 Å². The lowest BCUT2D eigenvalue weighted by Crippen LogP contribution is -2.19.